The number of hydrogen-bond acceptors (Lipinski definition) is 6. The number of carbonyl (C=O) groups is 1. The maximum Gasteiger partial charge on any atom is 0.273 e. The maximum atomic E-state index is 12.0. The zero-order valence-electron chi connectivity index (χ0n) is 18.3. The summed E-state index contributed by atoms with van der Waals surface area (Å²) in [6.45, 7) is 0.725. The number of hydrogen-bond donors (Lipinski definition) is 3. The second-order valence-electron chi connectivity index (χ2n) is 8.13. The van der Waals surface area contributed by atoms with Crippen LogP contribution in [0.25, 0.3) is 22.6 Å². The second-order valence-corrected chi connectivity index (χ2v) is 8.13. The number of nitrogen functional groups attached to an aromatic ring is 1. The fourth-order valence-corrected chi connectivity index (χ4v) is 4.33. The molecule has 7 heteroatoms. The molecule has 1 aliphatic rings. The summed E-state index contributed by atoms with van der Waals surface area (Å²) in [6, 6.07) is 18.9. The number of furan rings is 1. The number of fused-ring (bicyclic) bond motifs is 1. The van der Waals surface area contributed by atoms with Crippen molar-refractivity contribution in [3.05, 3.63) is 89.4 Å². The second kappa shape index (κ2) is 8.88. The summed E-state index contributed by atoms with van der Waals surface area (Å²) >= 11 is 0. The third-order valence-corrected chi connectivity index (χ3v) is 6.04. The van der Waals surface area contributed by atoms with Crippen LogP contribution >= 0.6 is 0 Å². The van der Waals surface area contributed by atoms with E-state index >= 15 is 0 Å². The fourth-order valence-electron chi connectivity index (χ4n) is 4.33. The summed E-state index contributed by atoms with van der Waals surface area (Å²) in [7, 11) is 1.54. The highest BCUT2D eigenvalue weighted by Crippen LogP contribution is 2.34. The van der Waals surface area contributed by atoms with E-state index < -0.39 is 0 Å². The van der Waals surface area contributed by atoms with Crippen molar-refractivity contribution in [1.29, 1.82) is 0 Å². The molecule has 166 valence electrons. The molecule has 2 aromatic heterocycles. The third kappa shape index (κ3) is 4.23. The Labute approximate surface area is 192 Å². The quantitative estimate of drug-likeness (QED) is 0.417. The lowest BCUT2D eigenvalue weighted by Crippen LogP contribution is -2.21. The van der Waals surface area contributed by atoms with Crippen molar-refractivity contribution in [2.24, 2.45) is 0 Å². The molecule has 1 amide bonds. The SMILES string of the molecule is CNC(=O)c1nc(-c2cccc(CNC3CCc4cc(-c5ccco5)ccc43)c2)cnc1N. The molecule has 0 spiro atoms. The first-order valence-electron chi connectivity index (χ1n) is 11.0. The van der Waals surface area contributed by atoms with Crippen molar-refractivity contribution < 1.29 is 9.21 Å². The highest BCUT2D eigenvalue weighted by molar-refractivity contribution is 5.96. The molecule has 4 aromatic rings. The van der Waals surface area contributed by atoms with Crippen LogP contribution in [0.5, 0.6) is 0 Å². The topological polar surface area (TPSA) is 106 Å². The highest BCUT2D eigenvalue weighted by Gasteiger charge is 2.22. The predicted octanol–water partition coefficient (Wildman–Crippen LogP) is 4.12. The van der Waals surface area contributed by atoms with Crippen LogP contribution in [-0.2, 0) is 13.0 Å². The molecule has 1 atom stereocenters. The molecule has 0 bridgehead atoms. The molecular weight excluding hydrogens is 414 g/mol. The van der Waals surface area contributed by atoms with E-state index in [4.69, 9.17) is 10.2 Å². The molecule has 1 unspecified atom stereocenters. The van der Waals surface area contributed by atoms with E-state index in [0.717, 1.165) is 41.8 Å². The van der Waals surface area contributed by atoms with Gasteiger partial charge in [-0.3, -0.25) is 4.79 Å². The number of nitrogens with zero attached hydrogens (tertiary/aromatic N) is 2. The standard InChI is InChI=1S/C26H25N5O2/c1-28-26(32)24-25(27)30-15-22(31-24)18-5-2-4-16(12-18)14-29-21-10-8-17-13-19(7-9-20(17)21)23-6-3-11-33-23/h2-7,9,11-13,15,21,29H,8,10,14H2,1H3,(H2,27,30)(H,28,32). The Morgan fingerprint density at radius 2 is 2.06 bits per heavy atom. The Balaban J connectivity index is 1.31. The van der Waals surface area contributed by atoms with E-state index in [1.54, 1.807) is 19.5 Å². The van der Waals surface area contributed by atoms with Crippen LogP contribution in [0, 0.1) is 0 Å². The van der Waals surface area contributed by atoms with Crippen molar-refractivity contribution in [2.45, 2.75) is 25.4 Å². The van der Waals surface area contributed by atoms with Gasteiger partial charge in [-0.15, -0.1) is 0 Å². The molecule has 7 nitrogen and oxygen atoms in total. The number of nitrogens with two attached hydrogens (primary N) is 1. The summed E-state index contributed by atoms with van der Waals surface area (Å²) in [4.78, 5) is 20.6. The van der Waals surface area contributed by atoms with Crippen LogP contribution in [0.3, 0.4) is 0 Å². The highest BCUT2D eigenvalue weighted by atomic mass is 16.3. The number of nitrogens with one attached hydrogen (secondary N) is 2. The molecule has 2 aromatic carbocycles. The third-order valence-electron chi connectivity index (χ3n) is 6.04. The van der Waals surface area contributed by atoms with Gasteiger partial charge in [-0.1, -0.05) is 30.3 Å². The number of amides is 1. The zero-order chi connectivity index (χ0) is 22.8. The molecule has 0 saturated carbocycles. The average molecular weight is 440 g/mol. The summed E-state index contributed by atoms with van der Waals surface area (Å²) in [5.74, 6) is 0.664. The van der Waals surface area contributed by atoms with Crippen LogP contribution in [-0.4, -0.2) is 22.9 Å². The lowest BCUT2D eigenvalue weighted by molar-refractivity contribution is 0.0959. The van der Waals surface area contributed by atoms with Gasteiger partial charge in [0.15, 0.2) is 11.5 Å². The van der Waals surface area contributed by atoms with Gasteiger partial charge >= 0.3 is 0 Å². The predicted molar refractivity (Wildman–Crippen MR) is 127 cm³/mol. The number of rotatable bonds is 6. The van der Waals surface area contributed by atoms with Gasteiger partial charge < -0.3 is 20.8 Å². The van der Waals surface area contributed by atoms with Gasteiger partial charge in [0.25, 0.3) is 5.91 Å². The number of anilines is 1. The van der Waals surface area contributed by atoms with Crippen molar-refractivity contribution in [2.75, 3.05) is 12.8 Å². The lowest BCUT2D eigenvalue weighted by Gasteiger charge is -2.15. The normalized spacial score (nSPS) is 14.8. The van der Waals surface area contributed by atoms with Gasteiger partial charge in [0, 0.05) is 30.8 Å². The molecule has 1 aliphatic carbocycles. The van der Waals surface area contributed by atoms with Gasteiger partial charge in [-0.2, -0.15) is 0 Å². The Kier molecular flexibility index (Phi) is 5.62. The van der Waals surface area contributed by atoms with E-state index in [1.807, 2.05) is 24.3 Å². The van der Waals surface area contributed by atoms with Crippen molar-refractivity contribution in [3.63, 3.8) is 0 Å². The Bertz CT molecular complexity index is 1300. The molecule has 5 rings (SSSR count). The molecule has 0 saturated heterocycles. The smallest absolute Gasteiger partial charge is 0.273 e. The number of aryl methyl sites for hydroxylation is 1. The number of benzene rings is 2. The molecule has 0 aliphatic heterocycles. The first-order chi connectivity index (χ1) is 16.1. The molecule has 0 radical (unpaired) electrons. The van der Waals surface area contributed by atoms with E-state index in [1.165, 1.54) is 11.1 Å². The molecular formula is C26H25N5O2. The van der Waals surface area contributed by atoms with Gasteiger partial charge in [0.2, 0.25) is 0 Å². The molecule has 4 N–H and O–H groups in total. The minimum atomic E-state index is -0.352. The average Bonchev–Trinajstić information content (AvgIpc) is 3.53. The van der Waals surface area contributed by atoms with Gasteiger partial charge in [0.05, 0.1) is 18.2 Å². The summed E-state index contributed by atoms with van der Waals surface area (Å²) < 4.78 is 5.54. The van der Waals surface area contributed by atoms with Crippen LogP contribution in [0.4, 0.5) is 5.82 Å². The number of aromatic nitrogens is 2. The van der Waals surface area contributed by atoms with Crippen LogP contribution in [0.2, 0.25) is 0 Å². The van der Waals surface area contributed by atoms with Crippen LogP contribution in [0.1, 0.15) is 39.6 Å². The monoisotopic (exact) mass is 439 g/mol. The van der Waals surface area contributed by atoms with Crippen molar-refractivity contribution >= 4 is 11.7 Å². The van der Waals surface area contributed by atoms with Gasteiger partial charge in [-0.05, 0) is 53.8 Å². The Morgan fingerprint density at radius 3 is 2.88 bits per heavy atom. The van der Waals surface area contributed by atoms with E-state index in [2.05, 4.69) is 50.9 Å². The van der Waals surface area contributed by atoms with Crippen LogP contribution < -0.4 is 16.4 Å². The molecule has 2 heterocycles. The van der Waals surface area contributed by atoms with Gasteiger partial charge in [-0.25, -0.2) is 9.97 Å². The summed E-state index contributed by atoms with van der Waals surface area (Å²) in [5.41, 5.74) is 12.4. The first-order valence-corrected chi connectivity index (χ1v) is 11.0. The van der Waals surface area contributed by atoms with E-state index in [9.17, 15) is 4.79 Å². The molecule has 0 fully saturated rings. The van der Waals surface area contributed by atoms with E-state index in [0.29, 0.717) is 11.7 Å². The van der Waals surface area contributed by atoms with Crippen molar-refractivity contribution in [1.82, 2.24) is 20.6 Å². The van der Waals surface area contributed by atoms with Crippen molar-refractivity contribution in [3.8, 4) is 22.6 Å². The Morgan fingerprint density at radius 1 is 1.15 bits per heavy atom. The van der Waals surface area contributed by atoms with E-state index in [-0.39, 0.29) is 17.4 Å². The van der Waals surface area contributed by atoms with Crippen LogP contribution in [0.15, 0.2) is 71.5 Å². The lowest BCUT2D eigenvalue weighted by atomic mass is 10.0. The zero-order valence-corrected chi connectivity index (χ0v) is 18.3. The minimum absolute atomic E-state index is 0.117. The fraction of sp³-hybridized carbons (Fsp3) is 0.192. The molecule has 33 heavy (non-hydrogen) atoms. The summed E-state index contributed by atoms with van der Waals surface area (Å²) in [5, 5.41) is 6.24. The largest absolute Gasteiger partial charge is 0.464 e. The summed E-state index contributed by atoms with van der Waals surface area (Å²) in [6.07, 6.45) is 5.41. The van der Waals surface area contributed by atoms with Gasteiger partial charge in [0.1, 0.15) is 5.76 Å². The number of carbonyl (C=O) groups excluding carboxylic acids is 1. The minimum Gasteiger partial charge on any atom is -0.464 e. The Hall–Kier alpha value is -3.97. The maximum absolute atomic E-state index is 12.0. The first kappa shape index (κ1) is 20.9.